The van der Waals surface area contributed by atoms with Gasteiger partial charge in [0, 0.05) is 5.39 Å². The van der Waals surface area contributed by atoms with Crippen LogP contribution in [-0.4, -0.2) is 15.9 Å². The summed E-state index contributed by atoms with van der Waals surface area (Å²) in [7, 11) is 0. The number of fused-ring (bicyclic) bond motifs is 1. The Hall–Kier alpha value is -2.75. The van der Waals surface area contributed by atoms with E-state index in [4.69, 9.17) is 4.74 Å². The van der Waals surface area contributed by atoms with Crippen LogP contribution in [-0.2, 0) is 11.3 Å². The van der Waals surface area contributed by atoms with Crippen molar-refractivity contribution in [2.45, 2.75) is 6.61 Å². The summed E-state index contributed by atoms with van der Waals surface area (Å²) < 4.78 is 5.29. The zero-order chi connectivity index (χ0) is 13.8. The van der Waals surface area contributed by atoms with Crippen molar-refractivity contribution >= 4 is 16.9 Å². The Kier molecular flexibility index (Phi) is 3.37. The highest BCUT2D eigenvalue weighted by Crippen LogP contribution is 2.15. The van der Waals surface area contributed by atoms with Crippen LogP contribution >= 0.6 is 0 Å². The maximum atomic E-state index is 12.1. The second kappa shape index (κ2) is 5.48. The molecule has 0 N–H and O–H groups in total. The van der Waals surface area contributed by atoms with Crippen LogP contribution in [0.3, 0.4) is 0 Å². The Balaban J connectivity index is 1.82. The summed E-state index contributed by atoms with van der Waals surface area (Å²) in [4.78, 5) is 20.3. The number of nitrogens with zero attached hydrogens (tertiary/aromatic N) is 2. The number of rotatable bonds is 3. The molecular weight excluding hydrogens is 252 g/mol. The average molecular weight is 264 g/mol. The zero-order valence-electron chi connectivity index (χ0n) is 10.7. The molecule has 0 aliphatic rings. The van der Waals surface area contributed by atoms with E-state index in [0.29, 0.717) is 11.1 Å². The number of hydrogen-bond acceptors (Lipinski definition) is 4. The van der Waals surface area contributed by atoms with Crippen molar-refractivity contribution in [1.82, 2.24) is 9.97 Å². The number of hydrogen-bond donors (Lipinski definition) is 0. The smallest absolute Gasteiger partial charge is 0.358 e. The maximum Gasteiger partial charge on any atom is 0.358 e. The minimum Gasteiger partial charge on any atom is -0.456 e. The second-order valence-corrected chi connectivity index (χ2v) is 4.30. The van der Waals surface area contributed by atoms with Gasteiger partial charge in [0.25, 0.3) is 0 Å². The standard InChI is InChI=1S/C16H12N2O2/c19-16(20-10-12-6-2-1-3-7-12)15-13-8-4-5-9-14(13)17-11-18-15/h1-9,11H,10H2. The van der Waals surface area contributed by atoms with Crippen molar-refractivity contribution in [3.63, 3.8) is 0 Å². The van der Waals surface area contributed by atoms with Crippen molar-refractivity contribution in [3.8, 4) is 0 Å². The van der Waals surface area contributed by atoms with E-state index in [2.05, 4.69) is 9.97 Å². The molecule has 2 aromatic carbocycles. The van der Waals surface area contributed by atoms with Gasteiger partial charge in [-0.1, -0.05) is 48.5 Å². The Morgan fingerprint density at radius 1 is 0.950 bits per heavy atom. The summed E-state index contributed by atoms with van der Waals surface area (Å²) in [6.45, 7) is 0.234. The van der Waals surface area contributed by atoms with Crippen LogP contribution in [0.15, 0.2) is 60.9 Å². The summed E-state index contributed by atoms with van der Waals surface area (Å²) >= 11 is 0. The van der Waals surface area contributed by atoms with Gasteiger partial charge < -0.3 is 4.74 Å². The van der Waals surface area contributed by atoms with Crippen LogP contribution in [0.4, 0.5) is 0 Å². The van der Waals surface area contributed by atoms with Gasteiger partial charge in [0.15, 0.2) is 5.69 Å². The van der Waals surface area contributed by atoms with Crippen LogP contribution in [0.2, 0.25) is 0 Å². The second-order valence-electron chi connectivity index (χ2n) is 4.30. The summed E-state index contributed by atoms with van der Waals surface area (Å²) in [5.41, 5.74) is 1.97. The molecule has 0 saturated heterocycles. The SMILES string of the molecule is O=C(OCc1ccccc1)c1ncnc2ccccc12. The molecule has 0 unspecified atom stereocenters. The molecule has 1 heterocycles. The van der Waals surface area contributed by atoms with Gasteiger partial charge in [0.1, 0.15) is 12.9 Å². The Labute approximate surface area is 116 Å². The molecule has 0 amide bonds. The lowest BCUT2D eigenvalue weighted by Gasteiger charge is -2.06. The highest BCUT2D eigenvalue weighted by Gasteiger charge is 2.13. The molecule has 0 bridgehead atoms. The first-order chi connectivity index (χ1) is 9.84. The molecule has 0 aliphatic carbocycles. The van der Waals surface area contributed by atoms with Crippen molar-refractivity contribution in [2.24, 2.45) is 0 Å². The predicted molar refractivity (Wildman–Crippen MR) is 75.1 cm³/mol. The van der Waals surface area contributed by atoms with E-state index in [1.165, 1.54) is 6.33 Å². The molecule has 1 aromatic heterocycles. The van der Waals surface area contributed by atoms with Gasteiger partial charge in [-0.2, -0.15) is 0 Å². The van der Waals surface area contributed by atoms with E-state index >= 15 is 0 Å². The lowest BCUT2D eigenvalue weighted by Crippen LogP contribution is -2.08. The fourth-order valence-electron chi connectivity index (χ4n) is 1.96. The minimum absolute atomic E-state index is 0.234. The van der Waals surface area contributed by atoms with Crippen molar-refractivity contribution in [1.29, 1.82) is 0 Å². The first kappa shape index (κ1) is 12.3. The van der Waals surface area contributed by atoms with Gasteiger partial charge in [-0.05, 0) is 11.6 Å². The molecule has 0 saturated carbocycles. The van der Waals surface area contributed by atoms with Crippen molar-refractivity contribution in [2.75, 3.05) is 0 Å². The third-order valence-corrected chi connectivity index (χ3v) is 2.95. The molecule has 3 rings (SSSR count). The van der Waals surface area contributed by atoms with Crippen molar-refractivity contribution in [3.05, 3.63) is 72.2 Å². The highest BCUT2D eigenvalue weighted by molar-refractivity contribution is 6.01. The number of esters is 1. The molecule has 0 spiro atoms. The quantitative estimate of drug-likeness (QED) is 0.682. The van der Waals surface area contributed by atoms with Gasteiger partial charge in [-0.3, -0.25) is 0 Å². The molecular formula is C16H12N2O2. The van der Waals surface area contributed by atoms with Crippen molar-refractivity contribution < 1.29 is 9.53 Å². The number of ether oxygens (including phenoxy) is 1. The number of benzene rings is 2. The maximum absolute atomic E-state index is 12.1. The molecule has 0 aliphatic heterocycles. The highest BCUT2D eigenvalue weighted by atomic mass is 16.5. The Bertz CT molecular complexity index is 736. The van der Waals surface area contributed by atoms with Gasteiger partial charge in [0.05, 0.1) is 5.52 Å². The largest absolute Gasteiger partial charge is 0.456 e. The molecule has 3 aromatic rings. The topological polar surface area (TPSA) is 52.1 Å². The molecule has 20 heavy (non-hydrogen) atoms. The minimum atomic E-state index is -0.438. The van der Waals surface area contributed by atoms with E-state index < -0.39 is 5.97 Å². The van der Waals surface area contributed by atoms with Crippen LogP contribution < -0.4 is 0 Å². The molecule has 0 radical (unpaired) electrons. The molecule has 0 fully saturated rings. The van der Waals surface area contributed by atoms with E-state index in [0.717, 1.165) is 11.1 Å². The van der Waals surface area contributed by atoms with E-state index in [-0.39, 0.29) is 6.61 Å². The lowest BCUT2D eigenvalue weighted by atomic mass is 10.2. The van der Waals surface area contributed by atoms with E-state index in [1.54, 1.807) is 0 Å². The first-order valence-electron chi connectivity index (χ1n) is 6.25. The number of para-hydroxylation sites is 1. The number of carbonyl (C=O) groups excluding carboxylic acids is 1. The first-order valence-corrected chi connectivity index (χ1v) is 6.25. The van der Waals surface area contributed by atoms with Gasteiger partial charge in [-0.15, -0.1) is 0 Å². The zero-order valence-corrected chi connectivity index (χ0v) is 10.7. The van der Waals surface area contributed by atoms with Gasteiger partial charge in [-0.25, -0.2) is 14.8 Å². The third kappa shape index (κ3) is 2.49. The van der Waals surface area contributed by atoms with E-state index in [9.17, 15) is 4.79 Å². The Morgan fingerprint density at radius 2 is 1.70 bits per heavy atom. The monoisotopic (exact) mass is 264 g/mol. The van der Waals surface area contributed by atoms with Crippen LogP contribution in [0.1, 0.15) is 16.1 Å². The Morgan fingerprint density at radius 3 is 2.55 bits per heavy atom. The fraction of sp³-hybridized carbons (Fsp3) is 0.0625. The van der Waals surface area contributed by atoms with Crippen LogP contribution in [0.25, 0.3) is 10.9 Å². The molecule has 4 nitrogen and oxygen atoms in total. The van der Waals surface area contributed by atoms with Gasteiger partial charge >= 0.3 is 5.97 Å². The normalized spacial score (nSPS) is 10.4. The van der Waals surface area contributed by atoms with Gasteiger partial charge in [0.2, 0.25) is 0 Å². The van der Waals surface area contributed by atoms with Crippen LogP contribution in [0, 0.1) is 0 Å². The number of aromatic nitrogens is 2. The van der Waals surface area contributed by atoms with Crippen LogP contribution in [0.5, 0.6) is 0 Å². The summed E-state index contributed by atoms with van der Waals surface area (Å²) in [5, 5.41) is 0.702. The molecule has 4 heteroatoms. The van der Waals surface area contributed by atoms with E-state index in [1.807, 2.05) is 54.6 Å². The fourth-order valence-corrected chi connectivity index (χ4v) is 1.96. The average Bonchev–Trinajstić information content (AvgIpc) is 2.53. The summed E-state index contributed by atoms with van der Waals surface area (Å²) in [6.07, 6.45) is 1.38. The number of carbonyl (C=O) groups is 1. The lowest BCUT2D eigenvalue weighted by molar-refractivity contribution is 0.0468. The summed E-state index contributed by atoms with van der Waals surface area (Å²) in [6, 6.07) is 16.9. The summed E-state index contributed by atoms with van der Waals surface area (Å²) in [5.74, 6) is -0.438. The third-order valence-electron chi connectivity index (χ3n) is 2.95. The molecule has 0 atom stereocenters. The predicted octanol–water partition coefficient (Wildman–Crippen LogP) is 2.99. The molecule has 98 valence electrons.